The second-order valence-electron chi connectivity index (χ2n) is 4.67. The van der Waals surface area contributed by atoms with Crippen LogP contribution in [-0.4, -0.2) is 32.5 Å². The lowest BCUT2D eigenvalue weighted by Gasteiger charge is -2.17. The van der Waals surface area contributed by atoms with E-state index in [2.05, 4.69) is 10.6 Å². The standard InChI is InChI=1S/C12H20N2O3S2/c1-9(6-8-19(3,16)17)13-12(15)14-10(2)11-5-4-7-18-11/h4-5,7,9-10H,6,8H2,1-3H3,(H2,13,14,15)/t9-,10-/m0/s1. The first-order chi connectivity index (χ1) is 8.78. The third kappa shape index (κ3) is 6.58. The molecule has 1 aromatic heterocycles. The Balaban J connectivity index is 2.34. The lowest BCUT2D eigenvalue weighted by Crippen LogP contribution is -2.42. The summed E-state index contributed by atoms with van der Waals surface area (Å²) in [6.07, 6.45) is 1.61. The highest BCUT2D eigenvalue weighted by molar-refractivity contribution is 7.90. The number of amides is 2. The molecule has 0 saturated heterocycles. The summed E-state index contributed by atoms with van der Waals surface area (Å²) in [5, 5.41) is 7.52. The van der Waals surface area contributed by atoms with Crippen molar-refractivity contribution < 1.29 is 13.2 Å². The van der Waals surface area contributed by atoms with Crippen LogP contribution in [0.3, 0.4) is 0 Å². The molecule has 0 radical (unpaired) electrons. The van der Waals surface area contributed by atoms with Crippen LogP contribution in [0.25, 0.3) is 0 Å². The Morgan fingerprint density at radius 1 is 1.37 bits per heavy atom. The zero-order valence-electron chi connectivity index (χ0n) is 11.3. The van der Waals surface area contributed by atoms with E-state index >= 15 is 0 Å². The minimum atomic E-state index is -2.98. The maximum atomic E-state index is 11.7. The third-order valence-electron chi connectivity index (χ3n) is 2.62. The van der Waals surface area contributed by atoms with E-state index in [4.69, 9.17) is 0 Å². The van der Waals surface area contributed by atoms with Crippen LogP contribution >= 0.6 is 11.3 Å². The number of urea groups is 1. The van der Waals surface area contributed by atoms with Crippen molar-refractivity contribution in [3.05, 3.63) is 22.4 Å². The van der Waals surface area contributed by atoms with Gasteiger partial charge in [-0.3, -0.25) is 0 Å². The second-order valence-corrected chi connectivity index (χ2v) is 7.91. The van der Waals surface area contributed by atoms with Crippen molar-refractivity contribution in [3.63, 3.8) is 0 Å². The molecule has 2 amide bonds. The average molecular weight is 304 g/mol. The Kier molecular flexibility index (Phi) is 5.81. The molecule has 0 aliphatic heterocycles. The van der Waals surface area contributed by atoms with Crippen molar-refractivity contribution in [2.24, 2.45) is 0 Å². The molecule has 1 heterocycles. The molecular formula is C12H20N2O3S2. The highest BCUT2D eigenvalue weighted by Crippen LogP contribution is 2.17. The van der Waals surface area contributed by atoms with E-state index < -0.39 is 9.84 Å². The lowest BCUT2D eigenvalue weighted by molar-refractivity contribution is 0.234. The Morgan fingerprint density at radius 3 is 2.58 bits per heavy atom. The van der Waals surface area contributed by atoms with Gasteiger partial charge in [0.15, 0.2) is 0 Å². The highest BCUT2D eigenvalue weighted by atomic mass is 32.2. The summed E-state index contributed by atoms with van der Waals surface area (Å²) < 4.78 is 22.1. The number of carbonyl (C=O) groups is 1. The maximum absolute atomic E-state index is 11.7. The minimum absolute atomic E-state index is 0.0536. The maximum Gasteiger partial charge on any atom is 0.315 e. The fraction of sp³-hybridized carbons (Fsp3) is 0.583. The van der Waals surface area contributed by atoms with Gasteiger partial charge in [0.05, 0.1) is 11.8 Å². The van der Waals surface area contributed by atoms with Gasteiger partial charge < -0.3 is 10.6 Å². The summed E-state index contributed by atoms with van der Waals surface area (Å²) in [5.41, 5.74) is 0. The molecule has 0 spiro atoms. The SMILES string of the molecule is C[C@H](NC(=O)N[C@@H](C)CCS(C)(=O)=O)c1cccs1. The van der Waals surface area contributed by atoms with E-state index in [1.165, 1.54) is 6.26 Å². The summed E-state index contributed by atoms with van der Waals surface area (Å²) in [7, 11) is -2.98. The molecule has 0 unspecified atom stereocenters. The lowest BCUT2D eigenvalue weighted by atomic mass is 10.2. The quantitative estimate of drug-likeness (QED) is 0.843. The van der Waals surface area contributed by atoms with Crippen LogP contribution in [0, 0.1) is 0 Å². The first-order valence-corrected chi connectivity index (χ1v) is 9.00. The first kappa shape index (κ1) is 16.0. The van der Waals surface area contributed by atoms with Crippen LogP contribution in [0.5, 0.6) is 0 Å². The van der Waals surface area contributed by atoms with E-state index in [0.29, 0.717) is 6.42 Å². The van der Waals surface area contributed by atoms with Crippen LogP contribution in [0.4, 0.5) is 4.79 Å². The van der Waals surface area contributed by atoms with E-state index in [-0.39, 0.29) is 23.9 Å². The summed E-state index contributed by atoms with van der Waals surface area (Å²) >= 11 is 1.58. The molecule has 1 aromatic rings. The van der Waals surface area contributed by atoms with Gasteiger partial charge in [-0.25, -0.2) is 13.2 Å². The van der Waals surface area contributed by atoms with Gasteiger partial charge >= 0.3 is 6.03 Å². The molecule has 0 aromatic carbocycles. The molecule has 5 nitrogen and oxygen atoms in total. The summed E-state index contributed by atoms with van der Waals surface area (Å²) in [6, 6.07) is 3.39. The molecule has 0 fully saturated rings. The highest BCUT2D eigenvalue weighted by Gasteiger charge is 2.13. The molecular weight excluding hydrogens is 284 g/mol. The fourth-order valence-electron chi connectivity index (χ4n) is 1.53. The predicted molar refractivity (Wildman–Crippen MR) is 78.2 cm³/mol. The number of rotatable bonds is 6. The molecule has 0 bridgehead atoms. The molecule has 1 rings (SSSR count). The predicted octanol–water partition coefficient (Wildman–Crippen LogP) is 1.93. The average Bonchev–Trinajstić information content (AvgIpc) is 2.78. The summed E-state index contributed by atoms with van der Waals surface area (Å²) in [5.74, 6) is 0.0783. The molecule has 2 N–H and O–H groups in total. The van der Waals surface area contributed by atoms with E-state index in [9.17, 15) is 13.2 Å². The normalized spacial score (nSPS) is 14.7. The van der Waals surface area contributed by atoms with Gasteiger partial charge in [0.1, 0.15) is 9.84 Å². The monoisotopic (exact) mass is 304 g/mol. The van der Waals surface area contributed by atoms with Gasteiger partial charge in [0, 0.05) is 17.2 Å². The van der Waals surface area contributed by atoms with E-state index in [1.807, 2.05) is 24.4 Å². The summed E-state index contributed by atoms with van der Waals surface area (Å²) in [6.45, 7) is 3.70. The van der Waals surface area contributed by atoms with Crippen molar-refractivity contribution in [3.8, 4) is 0 Å². The Morgan fingerprint density at radius 2 is 2.05 bits per heavy atom. The molecule has 108 valence electrons. The minimum Gasteiger partial charge on any atom is -0.336 e. The fourth-order valence-corrected chi connectivity index (χ4v) is 3.05. The number of thiophene rings is 1. The van der Waals surface area contributed by atoms with E-state index in [1.54, 1.807) is 18.3 Å². The molecule has 0 aliphatic carbocycles. The largest absolute Gasteiger partial charge is 0.336 e. The Bertz CT molecular complexity index is 497. The zero-order chi connectivity index (χ0) is 14.5. The first-order valence-electron chi connectivity index (χ1n) is 6.06. The van der Waals surface area contributed by atoms with Crippen LogP contribution < -0.4 is 10.6 Å². The van der Waals surface area contributed by atoms with Gasteiger partial charge in [0.2, 0.25) is 0 Å². The van der Waals surface area contributed by atoms with Gasteiger partial charge in [-0.05, 0) is 31.7 Å². The molecule has 0 saturated carbocycles. The zero-order valence-corrected chi connectivity index (χ0v) is 13.0. The van der Waals surface area contributed by atoms with Crippen LogP contribution in [0.2, 0.25) is 0 Å². The smallest absolute Gasteiger partial charge is 0.315 e. The van der Waals surface area contributed by atoms with Crippen LogP contribution in [0.1, 0.15) is 31.2 Å². The van der Waals surface area contributed by atoms with Crippen LogP contribution in [-0.2, 0) is 9.84 Å². The van der Waals surface area contributed by atoms with Gasteiger partial charge in [-0.2, -0.15) is 0 Å². The van der Waals surface area contributed by atoms with Crippen LogP contribution in [0.15, 0.2) is 17.5 Å². The molecule has 19 heavy (non-hydrogen) atoms. The number of hydrogen-bond acceptors (Lipinski definition) is 4. The number of hydrogen-bond donors (Lipinski definition) is 2. The molecule has 0 aliphatic rings. The number of sulfone groups is 1. The third-order valence-corrected chi connectivity index (χ3v) is 4.65. The number of nitrogens with one attached hydrogen (secondary N) is 2. The van der Waals surface area contributed by atoms with Gasteiger partial charge in [0.25, 0.3) is 0 Å². The molecule has 2 atom stereocenters. The summed E-state index contributed by atoms with van der Waals surface area (Å²) in [4.78, 5) is 12.8. The topological polar surface area (TPSA) is 75.3 Å². The van der Waals surface area contributed by atoms with Crippen molar-refractivity contribution in [2.45, 2.75) is 32.4 Å². The van der Waals surface area contributed by atoms with Crippen molar-refractivity contribution in [2.75, 3.05) is 12.0 Å². The number of carbonyl (C=O) groups excluding carboxylic acids is 1. The second kappa shape index (κ2) is 6.91. The van der Waals surface area contributed by atoms with Crippen molar-refractivity contribution in [1.82, 2.24) is 10.6 Å². The van der Waals surface area contributed by atoms with Gasteiger partial charge in [-0.15, -0.1) is 11.3 Å². The van der Waals surface area contributed by atoms with E-state index in [0.717, 1.165) is 4.88 Å². The Labute approximate surface area is 118 Å². The van der Waals surface area contributed by atoms with Gasteiger partial charge in [-0.1, -0.05) is 6.07 Å². The van der Waals surface area contributed by atoms with Crippen molar-refractivity contribution >= 4 is 27.2 Å². The van der Waals surface area contributed by atoms with Crippen molar-refractivity contribution in [1.29, 1.82) is 0 Å². The molecule has 7 heteroatoms. The Hall–Kier alpha value is -1.08.